The Bertz CT molecular complexity index is 587. The van der Waals surface area contributed by atoms with E-state index in [1.54, 1.807) is 0 Å². The van der Waals surface area contributed by atoms with Crippen molar-refractivity contribution in [3.05, 3.63) is 23.8 Å². The molecule has 1 aliphatic rings. The summed E-state index contributed by atoms with van der Waals surface area (Å²) in [5.41, 5.74) is 8.20. The molecule has 0 spiro atoms. The Labute approximate surface area is 124 Å². The van der Waals surface area contributed by atoms with E-state index in [0.29, 0.717) is 6.04 Å². The number of rotatable bonds is 3. The summed E-state index contributed by atoms with van der Waals surface area (Å²) in [6.45, 7) is 9.34. The van der Waals surface area contributed by atoms with Crippen molar-refractivity contribution in [2.24, 2.45) is 5.73 Å². The first-order valence-electron chi connectivity index (χ1n) is 7.24. The number of hydrogen-bond acceptors (Lipinski definition) is 5. The summed E-state index contributed by atoms with van der Waals surface area (Å²) in [7, 11) is 0. The lowest BCUT2D eigenvalue weighted by atomic mass is 10.2. The van der Waals surface area contributed by atoms with Gasteiger partial charge in [0.25, 0.3) is 0 Å². The highest BCUT2D eigenvalue weighted by atomic mass is 32.1. The number of benzene rings is 1. The Kier molecular flexibility index (Phi) is 3.92. The van der Waals surface area contributed by atoms with Gasteiger partial charge in [0.05, 0.1) is 10.2 Å². The highest BCUT2D eigenvalue weighted by molar-refractivity contribution is 7.22. The number of anilines is 1. The zero-order valence-electron chi connectivity index (χ0n) is 12.2. The molecule has 4 nitrogen and oxygen atoms in total. The molecular weight excluding hydrogens is 268 g/mol. The Balaban J connectivity index is 1.75. The van der Waals surface area contributed by atoms with Crippen LogP contribution in [0.5, 0.6) is 0 Å². The molecule has 0 amide bonds. The zero-order chi connectivity index (χ0) is 14.1. The fraction of sp³-hybridized carbons (Fsp3) is 0.533. The van der Waals surface area contributed by atoms with Crippen molar-refractivity contribution in [1.29, 1.82) is 0 Å². The van der Waals surface area contributed by atoms with E-state index in [0.717, 1.165) is 43.4 Å². The van der Waals surface area contributed by atoms with Crippen molar-refractivity contribution in [2.45, 2.75) is 19.9 Å². The maximum Gasteiger partial charge on any atom is 0.186 e. The maximum absolute atomic E-state index is 5.75. The molecule has 0 aliphatic carbocycles. The number of aromatic nitrogens is 1. The molecule has 1 fully saturated rings. The van der Waals surface area contributed by atoms with E-state index in [4.69, 9.17) is 10.7 Å². The Morgan fingerprint density at radius 2 is 2.05 bits per heavy atom. The van der Waals surface area contributed by atoms with Gasteiger partial charge in [-0.25, -0.2) is 4.98 Å². The topological polar surface area (TPSA) is 45.4 Å². The Hall–Kier alpha value is -1.17. The summed E-state index contributed by atoms with van der Waals surface area (Å²) >= 11 is 1.82. The van der Waals surface area contributed by atoms with Crippen LogP contribution in [-0.2, 0) is 0 Å². The molecule has 5 heteroatoms. The van der Waals surface area contributed by atoms with Crippen molar-refractivity contribution in [2.75, 3.05) is 37.6 Å². The minimum Gasteiger partial charge on any atom is -0.345 e. The lowest BCUT2D eigenvalue weighted by Crippen LogP contribution is -2.51. The van der Waals surface area contributed by atoms with Crippen LogP contribution >= 0.6 is 11.3 Å². The quantitative estimate of drug-likeness (QED) is 0.940. The molecule has 3 rings (SSSR count). The molecule has 20 heavy (non-hydrogen) atoms. The van der Waals surface area contributed by atoms with Crippen molar-refractivity contribution >= 4 is 26.7 Å². The number of piperazine rings is 1. The van der Waals surface area contributed by atoms with Gasteiger partial charge < -0.3 is 10.6 Å². The first kappa shape index (κ1) is 13.8. The normalized spacial score (nSPS) is 18.6. The summed E-state index contributed by atoms with van der Waals surface area (Å²) in [6, 6.07) is 6.83. The third-order valence-corrected chi connectivity index (χ3v) is 5.42. The summed E-state index contributed by atoms with van der Waals surface area (Å²) < 4.78 is 1.32. The molecule has 2 N–H and O–H groups in total. The first-order chi connectivity index (χ1) is 9.69. The van der Waals surface area contributed by atoms with E-state index in [2.05, 4.69) is 41.8 Å². The predicted octanol–water partition coefficient (Wildman–Crippen LogP) is 2.07. The molecule has 1 aliphatic heterocycles. The molecule has 1 unspecified atom stereocenters. The van der Waals surface area contributed by atoms with E-state index in [1.807, 2.05) is 11.3 Å². The van der Waals surface area contributed by atoms with E-state index in [9.17, 15) is 0 Å². The molecule has 0 saturated carbocycles. The van der Waals surface area contributed by atoms with Gasteiger partial charge in [-0.05, 0) is 25.5 Å². The SMILES string of the molecule is Cc1cccc2nc(N3CCN(C(C)CN)CC3)sc12. The lowest BCUT2D eigenvalue weighted by Gasteiger charge is -2.37. The molecule has 2 heterocycles. The van der Waals surface area contributed by atoms with Crippen LogP contribution in [0.1, 0.15) is 12.5 Å². The van der Waals surface area contributed by atoms with Crippen LogP contribution in [0.15, 0.2) is 18.2 Å². The van der Waals surface area contributed by atoms with Gasteiger partial charge in [-0.1, -0.05) is 23.5 Å². The van der Waals surface area contributed by atoms with Crippen molar-refractivity contribution in [1.82, 2.24) is 9.88 Å². The molecule has 108 valence electrons. The van der Waals surface area contributed by atoms with Crippen LogP contribution in [0, 0.1) is 6.92 Å². The third-order valence-electron chi connectivity index (χ3n) is 4.15. The second-order valence-corrected chi connectivity index (χ2v) is 6.50. The molecular formula is C15H22N4S. The van der Waals surface area contributed by atoms with Crippen molar-refractivity contribution in [3.8, 4) is 0 Å². The van der Waals surface area contributed by atoms with Gasteiger partial charge >= 0.3 is 0 Å². The smallest absolute Gasteiger partial charge is 0.186 e. The van der Waals surface area contributed by atoms with Crippen LogP contribution < -0.4 is 10.6 Å². The monoisotopic (exact) mass is 290 g/mol. The van der Waals surface area contributed by atoms with Crippen LogP contribution in [0.2, 0.25) is 0 Å². The Morgan fingerprint density at radius 3 is 2.70 bits per heavy atom. The fourth-order valence-corrected chi connectivity index (χ4v) is 3.80. The molecule has 1 saturated heterocycles. The average Bonchev–Trinajstić information content (AvgIpc) is 2.92. The second kappa shape index (κ2) is 5.68. The highest BCUT2D eigenvalue weighted by Gasteiger charge is 2.22. The van der Waals surface area contributed by atoms with Crippen molar-refractivity contribution in [3.63, 3.8) is 0 Å². The predicted molar refractivity (Wildman–Crippen MR) is 86.7 cm³/mol. The van der Waals surface area contributed by atoms with Gasteiger partial charge in [-0.15, -0.1) is 0 Å². The fourth-order valence-electron chi connectivity index (χ4n) is 2.71. The van der Waals surface area contributed by atoms with Crippen molar-refractivity contribution < 1.29 is 0 Å². The number of nitrogens with two attached hydrogens (primary N) is 1. The minimum atomic E-state index is 0.481. The molecule has 0 bridgehead atoms. The number of aryl methyl sites for hydroxylation is 1. The minimum absolute atomic E-state index is 0.481. The van der Waals surface area contributed by atoms with Gasteiger partial charge in [0.2, 0.25) is 0 Å². The van der Waals surface area contributed by atoms with Gasteiger partial charge in [0.15, 0.2) is 5.13 Å². The number of nitrogens with zero attached hydrogens (tertiary/aromatic N) is 3. The van der Waals surface area contributed by atoms with E-state index in [1.165, 1.54) is 10.3 Å². The van der Waals surface area contributed by atoms with Crippen LogP contribution in [-0.4, -0.2) is 48.6 Å². The molecule has 1 aromatic heterocycles. The van der Waals surface area contributed by atoms with E-state index >= 15 is 0 Å². The van der Waals surface area contributed by atoms with E-state index < -0.39 is 0 Å². The molecule has 2 aromatic rings. The lowest BCUT2D eigenvalue weighted by molar-refractivity contribution is 0.201. The van der Waals surface area contributed by atoms with Crippen LogP contribution in [0.25, 0.3) is 10.2 Å². The van der Waals surface area contributed by atoms with Gasteiger partial charge in [-0.2, -0.15) is 0 Å². The highest BCUT2D eigenvalue weighted by Crippen LogP contribution is 2.31. The first-order valence-corrected chi connectivity index (χ1v) is 8.06. The largest absolute Gasteiger partial charge is 0.345 e. The average molecular weight is 290 g/mol. The zero-order valence-corrected chi connectivity index (χ0v) is 13.0. The van der Waals surface area contributed by atoms with E-state index in [-0.39, 0.29) is 0 Å². The Morgan fingerprint density at radius 1 is 1.30 bits per heavy atom. The summed E-state index contributed by atoms with van der Waals surface area (Å²) in [4.78, 5) is 9.66. The number of hydrogen-bond donors (Lipinski definition) is 1. The standard InChI is InChI=1S/C15H22N4S/c1-11-4-3-5-13-14(11)20-15(17-13)19-8-6-18(7-9-19)12(2)10-16/h3-5,12H,6-10,16H2,1-2H3. The molecule has 1 aromatic carbocycles. The van der Waals surface area contributed by atoms with Gasteiger partial charge in [-0.3, -0.25) is 4.90 Å². The summed E-state index contributed by atoms with van der Waals surface area (Å²) in [6.07, 6.45) is 0. The number of thiazole rings is 1. The number of fused-ring (bicyclic) bond motifs is 1. The summed E-state index contributed by atoms with van der Waals surface area (Å²) in [5.74, 6) is 0. The third kappa shape index (κ3) is 2.53. The van der Waals surface area contributed by atoms with Crippen LogP contribution in [0.3, 0.4) is 0 Å². The second-order valence-electron chi connectivity index (χ2n) is 5.53. The van der Waals surface area contributed by atoms with Gasteiger partial charge in [0, 0.05) is 38.8 Å². The van der Waals surface area contributed by atoms with Gasteiger partial charge in [0.1, 0.15) is 0 Å². The molecule has 1 atom stereocenters. The van der Waals surface area contributed by atoms with Crippen LogP contribution in [0.4, 0.5) is 5.13 Å². The molecule has 0 radical (unpaired) electrons. The maximum atomic E-state index is 5.75. The summed E-state index contributed by atoms with van der Waals surface area (Å²) in [5, 5.41) is 1.16.